The van der Waals surface area contributed by atoms with Crippen molar-refractivity contribution >= 4 is 44.6 Å². The van der Waals surface area contributed by atoms with Crippen molar-refractivity contribution < 1.29 is 0 Å². The minimum atomic E-state index is 0.674. The normalized spacial score (nSPS) is 9.94. The fourth-order valence-corrected chi connectivity index (χ4v) is 2.83. The largest absolute Gasteiger partial charge is 0.379 e. The summed E-state index contributed by atoms with van der Waals surface area (Å²) < 4.78 is 0.955. The molecule has 0 radical (unpaired) electrons. The predicted octanol–water partition coefficient (Wildman–Crippen LogP) is 4.65. The molecule has 0 aliphatic heterocycles. The molecule has 0 fully saturated rings. The van der Waals surface area contributed by atoms with E-state index in [1.54, 1.807) is 0 Å². The van der Waals surface area contributed by atoms with Gasteiger partial charge in [-0.05, 0) is 30.3 Å². The summed E-state index contributed by atoms with van der Waals surface area (Å²) in [5, 5.41) is 12.6. The molecule has 0 aliphatic carbocycles. The van der Waals surface area contributed by atoms with Crippen molar-refractivity contribution in [2.45, 2.75) is 6.54 Å². The highest BCUT2D eigenvalue weighted by molar-refractivity contribution is 9.10. The van der Waals surface area contributed by atoms with Crippen LogP contribution in [0, 0.1) is 11.3 Å². The smallest absolute Gasteiger partial charge is 0.110 e. The molecule has 5 heteroatoms. The minimum absolute atomic E-state index is 0.674. The Morgan fingerprint density at radius 1 is 1.35 bits per heavy atom. The molecule has 0 saturated carbocycles. The molecule has 0 saturated heterocycles. The van der Waals surface area contributed by atoms with Gasteiger partial charge in [0.25, 0.3) is 0 Å². The number of nitrogens with one attached hydrogen (secondary N) is 1. The second-order valence-corrected chi connectivity index (χ2v) is 5.85. The number of nitrogens with zero attached hydrogens (tertiary/aromatic N) is 1. The number of thiophene rings is 1. The van der Waals surface area contributed by atoms with Crippen molar-refractivity contribution in [2.75, 3.05) is 5.32 Å². The van der Waals surface area contributed by atoms with E-state index in [9.17, 15) is 0 Å². The summed E-state index contributed by atoms with van der Waals surface area (Å²) in [5.74, 6) is 0. The molecule has 86 valence electrons. The van der Waals surface area contributed by atoms with Crippen LogP contribution >= 0.6 is 38.9 Å². The Labute approximate surface area is 117 Å². The molecule has 0 atom stereocenters. The van der Waals surface area contributed by atoms with Crippen LogP contribution in [0.25, 0.3) is 0 Å². The van der Waals surface area contributed by atoms with E-state index in [2.05, 4.69) is 27.3 Å². The van der Waals surface area contributed by atoms with Gasteiger partial charge in [0.2, 0.25) is 0 Å². The van der Waals surface area contributed by atoms with E-state index in [4.69, 9.17) is 16.9 Å². The Bertz CT molecular complexity index is 574. The molecule has 2 rings (SSSR count). The zero-order chi connectivity index (χ0) is 12.3. The van der Waals surface area contributed by atoms with Crippen LogP contribution in [0.3, 0.4) is 0 Å². The van der Waals surface area contributed by atoms with Gasteiger partial charge in [0.15, 0.2) is 0 Å². The average molecular weight is 328 g/mol. The number of anilines is 1. The van der Waals surface area contributed by atoms with Gasteiger partial charge in [0.1, 0.15) is 10.9 Å². The van der Waals surface area contributed by atoms with Gasteiger partial charge >= 0.3 is 0 Å². The molecule has 0 spiro atoms. The van der Waals surface area contributed by atoms with Crippen LogP contribution in [0.1, 0.15) is 9.75 Å². The van der Waals surface area contributed by atoms with Crippen LogP contribution in [0.5, 0.6) is 0 Å². The number of hydrogen-bond donors (Lipinski definition) is 1. The average Bonchev–Trinajstić information content (AvgIpc) is 2.76. The van der Waals surface area contributed by atoms with Gasteiger partial charge in [-0.3, -0.25) is 0 Å². The van der Waals surface area contributed by atoms with Gasteiger partial charge in [0.05, 0.1) is 10.7 Å². The van der Waals surface area contributed by atoms with Crippen molar-refractivity contribution in [3.05, 3.63) is 49.6 Å². The summed E-state index contributed by atoms with van der Waals surface area (Å²) in [6.45, 7) is 0.674. The fourth-order valence-electron chi connectivity index (χ4n) is 1.35. The summed E-state index contributed by atoms with van der Waals surface area (Å²) in [6, 6.07) is 11.6. The highest BCUT2D eigenvalue weighted by atomic mass is 79.9. The van der Waals surface area contributed by atoms with Gasteiger partial charge in [-0.25, -0.2) is 0 Å². The van der Waals surface area contributed by atoms with Gasteiger partial charge in [-0.1, -0.05) is 27.5 Å². The number of halogens is 2. The number of nitriles is 1. The van der Waals surface area contributed by atoms with E-state index in [1.165, 1.54) is 11.3 Å². The number of rotatable bonds is 3. The van der Waals surface area contributed by atoms with Crippen LogP contribution in [0.15, 0.2) is 34.8 Å². The van der Waals surface area contributed by atoms with E-state index in [1.807, 2.05) is 30.3 Å². The monoisotopic (exact) mass is 326 g/mol. The van der Waals surface area contributed by atoms with E-state index in [-0.39, 0.29) is 0 Å². The summed E-state index contributed by atoms with van der Waals surface area (Å²) >= 11 is 10.9. The van der Waals surface area contributed by atoms with Crippen LogP contribution in [0.4, 0.5) is 5.69 Å². The molecule has 1 heterocycles. The third kappa shape index (κ3) is 3.22. The van der Waals surface area contributed by atoms with Crippen molar-refractivity contribution in [1.29, 1.82) is 5.26 Å². The first-order chi connectivity index (χ1) is 8.19. The van der Waals surface area contributed by atoms with Crippen LogP contribution in [-0.2, 0) is 6.54 Å². The van der Waals surface area contributed by atoms with E-state index in [0.29, 0.717) is 11.6 Å². The lowest BCUT2D eigenvalue weighted by Gasteiger charge is -2.07. The van der Waals surface area contributed by atoms with Gasteiger partial charge in [-0.15, -0.1) is 11.3 Å². The second kappa shape index (κ2) is 5.54. The molecule has 0 unspecified atom stereocenters. The first-order valence-corrected chi connectivity index (χ1v) is 6.85. The zero-order valence-electron chi connectivity index (χ0n) is 8.71. The summed E-state index contributed by atoms with van der Waals surface area (Å²) in [7, 11) is 0. The van der Waals surface area contributed by atoms with Crippen LogP contribution in [0.2, 0.25) is 5.02 Å². The maximum Gasteiger partial charge on any atom is 0.110 e. The van der Waals surface area contributed by atoms with Gasteiger partial charge in [0, 0.05) is 15.9 Å². The highest BCUT2D eigenvalue weighted by Crippen LogP contribution is 2.26. The lowest BCUT2D eigenvalue weighted by molar-refractivity contribution is 1.19. The lowest BCUT2D eigenvalue weighted by Crippen LogP contribution is -1.97. The molecule has 2 aromatic rings. The van der Waals surface area contributed by atoms with E-state index < -0.39 is 0 Å². The second-order valence-electron chi connectivity index (χ2n) is 3.36. The minimum Gasteiger partial charge on any atom is -0.379 e. The molecular formula is C12H8BrClN2S. The van der Waals surface area contributed by atoms with Crippen LogP contribution in [-0.4, -0.2) is 0 Å². The molecular weight excluding hydrogens is 320 g/mol. The zero-order valence-corrected chi connectivity index (χ0v) is 11.9. The van der Waals surface area contributed by atoms with Crippen molar-refractivity contribution in [2.24, 2.45) is 0 Å². The topological polar surface area (TPSA) is 35.8 Å². The summed E-state index contributed by atoms with van der Waals surface area (Å²) in [4.78, 5) is 1.84. The third-order valence-corrected chi connectivity index (χ3v) is 3.95. The molecule has 0 aliphatic rings. The molecule has 1 aromatic carbocycles. The lowest BCUT2D eigenvalue weighted by atomic mass is 10.3. The molecule has 2 nitrogen and oxygen atoms in total. The fraction of sp³-hybridized carbons (Fsp3) is 0.0833. The number of benzene rings is 1. The Kier molecular flexibility index (Phi) is 4.06. The molecule has 0 bridgehead atoms. The molecule has 0 amide bonds. The Morgan fingerprint density at radius 2 is 2.18 bits per heavy atom. The van der Waals surface area contributed by atoms with Crippen molar-refractivity contribution in [3.8, 4) is 6.07 Å². The van der Waals surface area contributed by atoms with Crippen molar-refractivity contribution in [3.63, 3.8) is 0 Å². The maximum atomic E-state index is 8.72. The first kappa shape index (κ1) is 12.4. The van der Waals surface area contributed by atoms with Crippen LogP contribution < -0.4 is 5.32 Å². The first-order valence-electron chi connectivity index (χ1n) is 4.87. The standard InChI is InChI=1S/C12H8BrClN2S/c13-8-1-4-12(11(14)5-8)16-7-10-3-2-9(6-15)17-10/h1-5,16H,7H2. The van der Waals surface area contributed by atoms with E-state index >= 15 is 0 Å². The summed E-state index contributed by atoms with van der Waals surface area (Å²) in [6.07, 6.45) is 0. The van der Waals surface area contributed by atoms with Gasteiger partial charge < -0.3 is 5.32 Å². The van der Waals surface area contributed by atoms with Crippen molar-refractivity contribution in [1.82, 2.24) is 0 Å². The van der Waals surface area contributed by atoms with E-state index in [0.717, 1.165) is 19.9 Å². The highest BCUT2D eigenvalue weighted by Gasteiger charge is 2.02. The maximum absolute atomic E-state index is 8.72. The summed E-state index contributed by atoms with van der Waals surface area (Å²) in [5.41, 5.74) is 0.891. The number of hydrogen-bond acceptors (Lipinski definition) is 3. The molecule has 1 aromatic heterocycles. The molecule has 1 N–H and O–H groups in total. The third-order valence-electron chi connectivity index (χ3n) is 2.16. The quantitative estimate of drug-likeness (QED) is 0.891. The molecule has 17 heavy (non-hydrogen) atoms. The Hall–Kier alpha value is -1.02. The Balaban J connectivity index is 2.05. The predicted molar refractivity (Wildman–Crippen MR) is 75.5 cm³/mol. The SMILES string of the molecule is N#Cc1ccc(CNc2ccc(Br)cc2Cl)s1. The van der Waals surface area contributed by atoms with Gasteiger partial charge in [-0.2, -0.15) is 5.26 Å². The Morgan fingerprint density at radius 3 is 2.82 bits per heavy atom.